The molecule has 5 rings (SSSR count). The highest BCUT2D eigenvalue weighted by Gasteiger charge is 2.74. The summed E-state index contributed by atoms with van der Waals surface area (Å²) in [4.78, 5) is 40.9. The standard InChI is InChI=1S/C20H27N3O4/c1-21-17(24)14-13-9-10-20(27-13)15(14)19(26)23(12-7-8-12)16(20)18(25)22-11-5-3-2-4-6-11/h9-16H,2-8H2,1H3,(H,21,24)(H,22,25)/t13-,14-,15-,16+,20-/m0/s1. The van der Waals surface area contributed by atoms with Crippen LogP contribution in [0.25, 0.3) is 0 Å². The zero-order valence-corrected chi connectivity index (χ0v) is 15.6. The summed E-state index contributed by atoms with van der Waals surface area (Å²) in [6.07, 6.45) is 10.6. The minimum atomic E-state index is -1.000. The molecule has 2 bridgehead atoms. The van der Waals surface area contributed by atoms with Gasteiger partial charge in [-0.15, -0.1) is 0 Å². The normalized spacial score (nSPS) is 40.3. The van der Waals surface area contributed by atoms with Gasteiger partial charge in [-0.2, -0.15) is 0 Å². The van der Waals surface area contributed by atoms with Crippen molar-refractivity contribution in [1.29, 1.82) is 0 Å². The molecule has 2 N–H and O–H groups in total. The minimum absolute atomic E-state index is 0.0956. The number of nitrogens with one attached hydrogen (secondary N) is 2. The van der Waals surface area contributed by atoms with Crippen LogP contribution in [0.5, 0.6) is 0 Å². The van der Waals surface area contributed by atoms with E-state index in [9.17, 15) is 14.4 Å². The van der Waals surface area contributed by atoms with Gasteiger partial charge in [0.15, 0.2) is 0 Å². The van der Waals surface area contributed by atoms with Gasteiger partial charge >= 0.3 is 0 Å². The van der Waals surface area contributed by atoms with E-state index in [2.05, 4.69) is 10.6 Å². The highest BCUT2D eigenvalue weighted by molar-refractivity contribution is 6.00. The lowest BCUT2D eigenvalue weighted by Gasteiger charge is -2.34. The molecule has 0 unspecified atom stereocenters. The Morgan fingerprint density at radius 3 is 2.56 bits per heavy atom. The first-order chi connectivity index (χ1) is 13.1. The van der Waals surface area contributed by atoms with E-state index in [1.807, 2.05) is 12.2 Å². The number of amides is 3. The maximum atomic E-state index is 13.4. The maximum absolute atomic E-state index is 13.4. The molecule has 0 aromatic rings. The van der Waals surface area contributed by atoms with Gasteiger partial charge in [-0.3, -0.25) is 14.4 Å². The number of rotatable bonds is 4. The number of ether oxygens (including phenoxy) is 1. The number of hydrogen-bond acceptors (Lipinski definition) is 4. The second kappa shape index (κ2) is 6.06. The Hall–Kier alpha value is -1.89. The van der Waals surface area contributed by atoms with Crippen LogP contribution in [0.1, 0.15) is 44.9 Å². The Morgan fingerprint density at radius 1 is 1.15 bits per heavy atom. The smallest absolute Gasteiger partial charge is 0.246 e. The van der Waals surface area contributed by atoms with E-state index < -0.39 is 29.6 Å². The molecular weight excluding hydrogens is 346 g/mol. The number of nitrogens with zero attached hydrogens (tertiary/aromatic N) is 1. The molecule has 7 nitrogen and oxygen atoms in total. The van der Waals surface area contributed by atoms with Crippen LogP contribution >= 0.6 is 0 Å². The van der Waals surface area contributed by atoms with Crippen LogP contribution in [-0.4, -0.2) is 59.5 Å². The molecule has 2 aliphatic carbocycles. The molecule has 146 valence electrons. The van der Waals surface area contributed by atoms with E-state index in [-0.39, 0.29) is 29.8 Å². The minimum Gasteiger partial charge on any atom is -0.359 e. The fourth-order valence-electron chi connectivity index (χ4n) is 5.65. The van der Waals surface area contributed by atoms with Crippen molar-refractivity contribution in [2.75, 3.05) is 7.05 Å². The number of carbonyl (C=O) groups is 3. The third-order valence-electron chi connectivity index (χ3n) is 7.00. The highest BCUT2D eigenvalue weighted by atomic mass is 16.5. The van der Waals surface area contributed by atoms with Gasteiger partial charge in [0.1, 0.15) is 11.6 Å². The number of carbonyl (C=O) groups excluding carboxylic acids is 3. The van der Waals surface area contributed by atoms with Crippen LogP contribution in [0.2, 0.25) is 0 Å². The molecular formula is C20H27N3O4. The summed E-state index contributed by atoms with van der Waals surface area (Å²) in [5.41, 5.74) is -1.000. The van der Waals surface area contributed by atoms with Crippen molar-refractivity contribution in [3.63, 3.8) is 0 Å². The average molecular weight is 373 g/mol. The molecule has 0 aromatic heterocycles. The van der Waals surface area contributed by atoms with Gasteiger partial charge in [0.25, 0.3) is 0 Å². The lowest BCUT2D eigenvalue weighted by molar-refractivity contribution is -0.142. The second-order valence-corrected chi connectivity index (χ2v) is 8.64. The Kier molecular flexibility index (Phi) is 3.86. The third-order valence-corrected chi connectivity index (χ3v) is 7.00. The molecule has 3 aliphatic heterocycles. The van der Waals surface area contributed by atoms with Gasteiger partial charge in [-0.1, -0.05) is 31.4 Å². The molecule has 4 fully saturated rings. The van der Waals surface area contributed by atoms with Gasteiger partial charge in [0, 0.05) is 19.1 Å². The number of likely N-dealkylation sites (tertiary alicyclic amines) is 1. The molecule has 1 spiro atoms. The summed E-state index contributed by atoms with van der Waals surface area (Å²) in [6, 6.07) is -0.392. The van der Waals surface area contributed by atoms with Crippen LogP contribution in [0.4, 0.5) is 0 Å². The summed E-state index contributed by atoms with van der Waals surface area (Å²) >= 11 is 0. The molecule has 3 heterocycles. The summed E-state index contributed by atoms with van der Waals surface area (Å²) in [5.74, 6) is -1.56. The lowest BCUT2D eigenvalue weighted by atomic mass is 9.74. The van der Waals surface area contributed by atoms with Crippen molar-refractivity contribution < 1.29 is 19.1 Å². The lowest BCUT2D eigenvalue weighted by Crippen LogP contribution is -2.57. The third kappa shape index (κ3) is 2.40. The summed E-state index contributed by atoms with van der Waals surface area (Å²) in [7, 11) is 1.58. The quantitative estimate of drug-likeness (QED) is 0.703. The maximum Gasteiger partial charge on any atom is 0.246 e. The van der Waals surface area contributed by atoms with E-state index in [1.165, 1.54) is 6.42 Å². The van der Waals surface area contributed by atoms with Crippen molar-refractivity contribution in [2.45, 2.75) is 74.8 Å². The predicted molar refractivity (Wildman–Crippen MR) is 96.5 cm³/mol. The van der Waals surface area contributed by atoms with Crippen LogP contribution in [0.3, 0.4) is 0 Å². The van der Waals surface area contributed by atoms with Gasteiger partial charge < -0.3 is 20.3 Å². The average Bonchev–Trinajstić information content (AvgIpc) is 3.27. The van der Waals surface area contributed by atoms with Gasteiger partial charge in [0.2, 0.25) is 17.7 Å². The fraction of sp³-hybridized carbons (Fsp3) is 0.750. The van der Waals surface area contributed by atoms with Gasteiger partial charge in [0.05, 0.1) is 17.9 Å². The van der Waals surface area contributed by atoms with E-state index >= 15 is 0 Å². The molecule has 5 atom stereocenters. The number of hydrogen-bond donors (Lipinski definition) is 2. The fourth-order valence-corrected chi connectivity index (χ4v) is 5.65. The van der Waals surface area contributed by atoms with Crippen molar-refractivity contribution in [1.82, 2.24) is 15.5 Å². The molecule has 27 heavy (non-hydrogen) atoms. The monoisotopic (exact) mass is 373 g/mol. The Morgan fingerprint density at radius 2 is 1.89 bits per heavy atom. The van der Waals surface area contributed by atoms with Crippen LogP contribution < -0.4 is 10.6 Å². The van der Waals surface area contributed by atoms with Crippen molar-refractivity contribution >= 4 is 17.7 Å². The molecule has 7 heteroatoms. The van der Waals surface area contributed by atoms with E-state index in [4.69, 9.17) is 4.74 Å². The zero-order valence-electron chi connectivity index (χ0n) is 15.6. The molecule has 0 radical (unpaired) electrons. The van der Waals surface area contributed by atoms with Crippen LogP contribution in [-0.2, 0) is 19.1 Å². The van der Waals surface area contributed by atoms with Gasteiger partial charge in [-0.05, 0) is 25.7 Å². The van der Waals surface area contributed by atoms with E-state index in [0.29, 0.717) is 0 Å². The number of fused-ring (bicyclic) bond motifs is 1. The van der Waals surface area contributed by atoms with E-state index in [0.717, 1.165) is 38.5 Å². The summed E-state index contributed by atoms with van der Waals surface area (Å²) in [6.45, 7) is 0. The van der Waals surface area contributed by atoms with Crippen molar-refractivity contribution in [2.24, 2.45) is 11.8 Å². The highest BCUT2D eigenvalue weighted by Crippen LogP contribution is 2.56. The molecule has 2 saturated carbocycles. The summed E-state index contributed by atoms with van der Waals surface area (Å²) < 4.78 is 6.23. The largest absolute Gasteiger partial charge is 0.359 e. The van der Waals surface area contributed by atoms with Crippen LogP contribution in [0.15, 0.2) is 12.2 Å². The first-order valence-corrected chi connectivity index (χ1v) is 10.3. The first kappa shape index (κ1) is 17.2. The zero-order chi connectivity index (χ0) is 18.8. The van der Waals surface area contributed by atoms with Crippen molar-refractivity contribution in [3.05, 3.63) is 12.2 Å². The predicted octanol–water partition coefficient (Wildman–Crippen LogP) is 0.494. The SMILES string of the molecule is CNC(=O)[C@H]1[C@@H]2C=C[C@]3(O2)[C@@H]1C(=O)N(C1CC1)[C@@H]3C(=O)NC1CCCCC1. The molecule has 0 aromatic carbocycles. The molecule has 5 aliphatic rings. The molecule has 3 amide bonds. The van der Waals surface area contributed by atoms with Crippen LogP contribution in [0, 0.1) is 11.8 Å². The molecule has 2 saturated heterocycles. The second-order valence-electron chi connectivity index (χ2n) is 8.64. The van der Waals surface area contributed by atoms with Gasteiger partial charge in [-0.25, -0.2) is 0 Å². The summed E-state index contributed by atoms with van der Waals surface area (Å²) in [5, 5.41) is 5.86. The van der Waals surface area contributed by atoms with E-state index in [1.54, 1.807) is 11.9 Å². The Balaban J connectivity index is 1.48. The van der Waals surface area contributed by atoms with Crippen molar-refractivity contribution in [3.8, 4) is 0 Å². The Bertz CT molecular complexity index is 712. The topological polar surface area (TPSA) is 87.7 Å². The Labute approximate surface area is 158 Å². The first-order valence-electron chi connectivity index (χ1n) is 10.3.